The number of hydrogen-bond donors (Lipinski definition) is 0. The Balaban J connectivity index is 1.63. The molecule has 2 aromatic carbocycles. The number of rotatable bonds is 6. The molecule has 1 aliphatic carbocycles. The van der Waals surface area contributed by atoms with Gasteiger partial charge in [-0.1, -0.05) is 37.1 Å². The molecule has 1 heterocycles. The second-order valence-electron chi connectivity index (χ2n) is 7.23. The molecule has 0 amide bonds. The van der Waals surface area contributed by atoms with E-state index in [9.17, 15) is 8.78 Å². The number of halogens is 2. The molecule has 0 radical (unpaired) electrons. The van der Waals surface area contributed by atoms with Gasteiger partial charge in [0.2, 0.25) is 0 Å². The molecule has 0 bridgehead atoms. The lowest BCUT2D eigenvalue weighted by molar-refractivity contribution is 0.339. The maximum atomic E-state index is 13.5. The van der Waals surface area contributed by atoms with Crippen molar-refractivity contribution in [3.63, 3.8) is 0 Å². The molecular weight excluding hydrogens is 392 g/mol. The molecule has 0 saturated heterocycles. The zero-order chi connectivity index (χ0) is 20.2. The average Bonchev–Trinajstić information content (AvgIpc) is 3.19. The molecule has 0 aliphatic heterocycles. The molecule has 1 saturated carbocycles. The SMILES string of the molecule is COc1ccc(-c2nnc(SCc3ccc(F)c(F)c3)n2C2CCCCC2)cc1. The Hall–Kier alpha value is -2.41. The highest BCUT2D eigenvalue weighted by Crippen LogP contribution is 2.36. The van der Waals surface area contributed by atoms with E-state index in [1.54, 1.807) is 13.2 Å². The van der Waals surface area contributed by atoms with Crippen LogP contribution < -0.4 is 4.74 Å². The molecular formula is C22H23F2N3OS. The van der Waals surface area contributed by atoms with Gasteiger partial charge in [0.15, 0.2) is 22.6 Å². The zero-order valence-corrected chi connectivity index (χ0v) is 17.1. The fourth-order valence-electron chi connectivity index (χ4n) is 3.76. The van der Waals surface area contributed by atoms with Crippen molar-refractivity contribution in [3.05, 3.63) is 59.7 Å². The molecule has 4 rings (SSSR count). The average molecular weight is 416 g/mol. The lowest BCUT2D eigenvalue weighted by Crippen LogP contribution is -2.15. The first-order valence-electron chi connectivity index (χ1n) is 9.82. The van der Waals surface area contributed by atoms with Gasteiger partial charge in [0.05, 0.1) is 7.11 Å². The highest BCUT2D eigenvalue weighted by Gasteiger charge is 2.24. The topological polar surface area (TPSA) is 39.9 Å². The summed E-state index contributed by atoms with van der Waals surface area (Å²) in [4.78, 5) is 0. The Labute approximate surface area is 173 Å². The van der Waals surface area contributed by atoms with Crippen LogP contribution in [0.1, 0.15) is 43.7 Å². The van der Waals surface area contributed by atoms with E-state index in [-0.39, 0.29) is 0 Å². The minimum atomic E-state index is -0.828. The Bertz CT molecular complexity index is 969. The number of aromatic nitrogens is 3. The van der Waals surface area contributed by atoms with Gasteiger partial charge < -0.3 is 4.74 Å². The first-order chi connectivity index (χ1) is 14.2. The van der Waals surface area contributed by atoms with Gasteiger partial charge in [-0.2, -0.15) is 0 Å². The first-order valence-corrected chi connectivity index (χ1v) is 10.8. The van der Waals surface area contributed by atoms with Crippen LogP contribution in [0.3, 0.4) is 0 Å². The molecule has 7 heteroatoms. The summed E-state index contributed by atoms with van der Waals surface area (Å²) in [6, 6.07) is 12.2. The predicted octanol–water partition coefficient (Wildman–Crippen LogP) is 6.03. The molecule has 1 aliphatic rings. The van der Waals surface area contributed by atoms with Crippen LogP contribution in [-0.2, 0) is 5.75 Å². The summed E-state index contributed by atoms with van der Waals surface area (Å²) in [5, 5.41) is 9.73. The van der Waals surface area contributed by atoms with Crippen molar-refractivity contribution in [1.29, 1.82) is 0 Å². The van der Waals surface area contributed by atoms with Crippen LogP contribution in [0.25, 0.3) is 11.4 Å². The zero-order valence-electron chi connectivity index (χ0n) is 16.3. The molecule has 0 spiro atoms. The van der Waals surface area contributed by atoms with Gasteiger partial charge in [-0.25, -0.2) is 8.78 Å². The van der Waals surface area contributed by atoms with Crippen LogP contribution in [-0.4, -0.2) is 21.9 Å². The summed E-state index contributed by atoms with van der Waals surface area (Å²) in [6.07, 6.45) is 5.84. The van der Waals surface area contributed by atoms with E-state index in [2.05, 4.69) is 14.8 Å². The van der Waals surface area contributed by atoms with E-state index in [1.807, 2.05) is 24.3 Å². The number of methoxy groups -OCH3 is 1. The molecule has 29 heavy (non-hydrogen) atoms. The van der Waals surface area contributed by atoms with E-state index in [1.165, 1.54) is 43.2 Å². The molecule has 3 aromatic rings. The van der Waals surface area contributed by atoms with E-state index in [4.69, 9.17) is 4.74 Å². The van der Waals surface area contributed by atoms with Crippen LogP contribution >= 0.6 is 11.8 Å². The smallest absolute Gasteiger partial charge is 0.192 e. The Morgan fingerprint density at radius 2 is 1.76 bits per heavy atom. The normalized spacial score (nSPS) is 14.9. The molecule has 0 atom stereocenters. The molecule has 152 valence electrons. The van der Waals surface area contributed by atoms with Gasteiger partial charge in [-0.05, 0) is 54.8 Å². The molecule has 1 fully saturated rings. The van der Waals surface area contributed by atoms with Crippen LogP contribution in [0.4, 0.5) is 8.78 Å². The number of nitrogens with zero attached hydrogens (tertiary/aromatic N) is 3. The third-order valence-electron chi connectivity index (χ3n) is 5.30. The van der Waals surface area contributed by atoms with Gasteiger partial charge in [0, 0.05) is 17.4 Å². The third-order valence-corrected chi connectivity index (χ3v) is 6.32. The summed E-state index contributed by atoms with van der Waals surface area (Å²) in [5.74, 6) is 0.490. The fraction of sp³-hybridized carbons (Fsp3) is 0.364. The van der Waals surface area contributed by atoms with Crippen molar-refractivity contribution in [2.24, 2.45) is 0 Å². The van der Waals surface area contributed by atoms with E-state index in [0.717, 1.165) is 40.7 Å². The van der Waals surface area contributed by atoms with Crippen molar-refractivity contribution in [1.82, 2.24) is 14.8 Å². The van der Waals surface area contributed by atoms with Gasteiger partial charge in [0.1, 0.15) is 5.75 Å². The first kappa shape index (κ1) is 19.9. The Kier molecular flexibility index (Phi) is 6.13. The second kappa shape index (κ2) is 8.95. The lowest BCUT2D eigenvalue weighted by Gasteiger charge is -2.25. The van der Waals surface area contributed by atoms with Crippen LogP contribution in [0.15, 0.2) is 47.6 Å². The van der Waals surface area contributed by atoms with Crippen LogP contribution in [0.2, 0.25) is 0 Å². The van der Waals surface area contributed by atoms with E-state index >= 15 is 0 Å². The van der Waals surface area contributed by atoms with Crippen molar-refractivity contribution in [2.45, 2.75) is 49.1 Å². The number of benzene rings is 2. The Morgan fingerprint density at radius 1 is 1.00 bits per heavy atom. The summed E-state index contributed by atoms with van der Waals surface area (Å²) in [5.41, 5.74) is 1.71. The molecule has 4 nitrogen and oxygen atoms in total. The predicted molar refractivity (Wildman–Crippen MR) is 110 cm³/mol. The van der Waals surface area contributed by atoms with Gasteiger partial charge in [-0.15, -0.1) is 10.2 Å². The second-order valence-corrected chi connectivity index (χ2v) is 8.18. The van der Waals surface area contributed by atoms with E-state index < -0.39 is 11.6 Å². The number of thioether (sulfide) groups is 1. The van der Waals surface area contributed by atoms with Crippen molar-refractivity contribution in [2.75, 3.05) is 7.11 Å². The summed E-state index contributed by atoms with van der Waals surface area (Å²) in [6.45, 7) is 0. The monoisotopic (exact) mass is 415 g/mol. The Morgan fingerprint density at radius 3 is 2.45 bits per heavy atom. The summed E-state index contributed by atoms with van der Waals surface area (Å²) < 4.78 is 34.2. The summed E-state index contributed by atoms with van der Waals surface area (Å²) in [7, 11) is 1.65. The minimum absolute atomic E-state index is 0.350. The maximum absolute atomic E-state index is 13.5. The minimum Gasteiger partial charge on any atom is -0.497 e. The van der Waals surface area contributed by atoms with Gasteiger partial charge in [0.25, 0.3) is 0 Å². The van der Waals surface area contributed by atoms with Crippen LogP contribution in [0.5, 0.6) is 5.75 Å². The number of hydrogen-bond acceptors (Lipinski definition) is 4. The molecule has 0 N–H and O–H groups in total. The largest absolute Gasteiger partial charge is 0.497 e. The lowest BCUT2D eigenvalue weighted by atomic mass is 9.95. The third kappa shape index (κ3) is 4.45. The molecule has 0 unspecified atom stereocenters. The highest BCUT2D eigenvalue weighted by atomic mass is 32.2. The fourth-order valence-corrected chi connectivity index (χ4v) is 4.71. The molecule has 1 aromatic heterocycles. The highest BCUT2D eigenvalue weighted by molar-refractivity contribution is 7.98. The van der Waals surface area contributed by atoms with Crippen molar-refractivity contribution in [3.8, 4) is 17.1 Å². The van der Waals surface area contributed by atoms with Gasteiger partial charge in [-0.3, -0.25) is 4.57 Å². The van der Waals surface area contributed by atoms with Crippen LogP contribution in [0, 0.1) is 11.6 Å². The van der Waals surface area contributed by atoms with Crippen molar-refractivity contribution < 1.29 is 13.5 Å². The van der Waals surface area contributed by atoms with Crippen molar-refractivity contribution >= 4 is 11.8 Å². The van der Waals surface area contributed by atoms with Gasteiger partial charge >= 0.3 is 0 Å². The quantitative estimate of drug-likeness (QED) is 0.461. The number of ether oxygens (including phenoxy) is 1. The maximum Gasteiger partial charge on any atom is 0.192 e. The standard InChI is InChI=1S/C22H23F2N3OS/c1-28-18-10-8-16(9-11-18)21-25-26-22(27(21)17-5-3-2-4-6-17)29-14-15-7-12-19(23)20(24)13-15/h7-13,17H,2-6,14H2,1H3. The summed E-state index contributed by atoms with van der Waals surface area (Å²) >= 11 is 1.51. The van der Waals surface area contributed by atoms with E-state index in [0.29, 0.717) is 11.8 Å².